The maximum Gasteiger partial charge on any atom is 0.252 e. The summed E-state index contributed by atoms with van der Waals surface area (Å²) in [4.78, 5) is 18.8. The SMILES string of the molecule is CCCC(c1nnnn1CCOC)N(Cc1cc2cc(C)c(C)cc2[nH]c1=O)C1CCCCC1. The first kappa shape index (κ1) is 24.5. The molecule has 0 aliphatic heterocycles. The molecule has 1 aromatic carbocycles. The minimum absolute atomic E-state index is 0.00853. The van der Waals surface area contributed by atoms with E-state index in [1.54, 1.807) is 7.11 Å². The quantitative estimate of drug-likeness (QED) is 0.475. The molecule has 1 aliphatic carbocycles. The van der Waals surface area contributed by atoms with E-state index >= 15 is 0 Å². The third-order valence-corrected chi connectivity index (χ3v) is 7.26. The highest BCUT2D eigenvalue weighted by atomic mass is 16.5. The number of fused-ring (bicyclic) bond motifs is 1. The van der Waals surface area contributed by atoms with Crippen LogP contribution in [0.3, 0.4) is 0 Å². The number of hydrogen-bond donors (Lipinski definition) is 1. The number of aryl methyl sites for hydroxylation is 2. The standard InChI is InChI=1S/C26H38N6O2/c1-5-9-24(25-28-29-30-32(25)12-13-34-4)31(22-10-7-6-8-11-22)17-21-16-20-14-18(2)19(3)15-23(20)27-26(21)33/h14-16,22,24H,5-13,17H2,1-4H3,(H,27,33). The number of aromatic amines is 1. The first-order valence-electron chi connectivity index (χ1n) is 12.7. The predicted molar refractivity (Wildman–Crippen MR) is 134 cm³/mol. The van der Waals surface area contributed by atoms with E-state index in [0.29, 0.717) is 25.7 Å². The van der Waals surface area contributed by atoms with Gasteiger partial charge in [-0.15, -0.1) is 5.10 Å². The molecule has 0 spiro atoms. The Kier molecular flexibility index (Phi) is 8.11. The highest BCUT2D eigenvalue weighted by Gasteiger charge is 2.32. The summed E-state index contributed by atoms with van der Waals surface area (Å²) in [5, 5.41) is 13.8. The van der Waals surface area contributed by atoms with Crippen molar-refractivity contribution in [3.63, 3.8) is 0 Å². The van der Waals surface area contributed by atoms with Crippen molar-refractivity contribution in [3.05, 3.63) is 51.1 Å². The largest absolute Gasteiger partial charge is 0.383 e. The summed E-state index contributed by atoms with van der Waals surface area (Å²) in [6.45, 7) is 8.16. The van der Waals surface area contributed by atoms with Crippen LogP contribution in [0.1, 0.15) is 80.4 Å². The molecule has 2 heterocycles. The van der Waals surface area contributed by atoms with Gasteiger partial charge in [-0.2, -0.15) is 0 Å². The maximum atomic E-state index is 13.2. The van der Waals surface area contributed by atoms with Gasteiger partial charge in [0, 0.05) is 30.8 Å². The molecule has 0 bridgehead atoms. The van der Waals surface area contributed by atoms with Gasteiger partial charge in [0.2, 0.25) is 0 Å². The fourth-order valence-electron chi connectivity index (χ4n) is 5.25. The molecule has 1 fully saturated rings. The van der Waals surface area contributed by atoms with E-state index in [4.69, 9.17) is 4.74 Å². The Hall–Kier alpha value is -2.58. The first-order valence-corrected chi connectivity index (χ1v) is 12.7. The molecule has 1 N–H and O–H groups in total. The molecule has 3 aromatic rings. The number of nitrogens with zero attached hydrogens (tertiary/aromatic N) is 5. The fraction of sp³-hybridized carbons (Fsp3) is 0.615. The summed E-state index contributed by atoms with van der Waals surface area (Å²) in [7, 11) is 1.69. The van der Waals surface area contributed by atoms with E-state index in [9.17, 15) is 4.79 Å². The Morgan fingerprint density at radius 3 is 2.68 bits per heavy atom. The third-order valence-electron chi connectivity index (χ3n) is 7.26. The van der Waals surface area contributed by atoms with Crippen molar-refractivity contribution in [1.82, 2.24) is 30.1 Å². The second-order valence-electron chi connectivity index (χ2n) is 9.67. The van der Waals surface area contributed by atoms with Crippen LogP contribution < -0.4 is 5.56 Å². The molecule has 1 unspecified atom stereocenters. The predicted octanol–water partition coefficient (Wildman–Crippen LogP) is 4.45. The van der Waals surface area contributed by atoms with Crippen LogP contribution in [-0.4, -0.2) is 49.8 Å². The van der Waals surface area contributed by atoms with Gasteiger partial charge in [0.15, 0.2) is 5.82 Å². The number of H-pyrrole nitrogens is 1. The van der Waals surface area contributed by atoms with Crippen LogP contribution in [0.15, 0.2) is 23.0 Å². The number of rotatable bonds is 10. The normalized spacial score (nSPS) is 15.9. The number of nitrogens with one attached hydrogen (secondary N) is 1. The van der Waals surface area contributed by atoms with E-state index in [2.05, 4.69) is 64.4 Å². The molecule has 4 rings (SSSR count). The molecule has 184 valence electrons. The van der Waals surface area contributed by atoms with Crippen LogP contribution in [0.5, 0.6) is 0 Å². The zero-order chi connectivity index (χ0) is 24.1. The van der Waals surface area contributed by atoms with Crippen molar-refractivity contribution in [2.75, 3.05) is 13.7 Å². The van der Waals surface area contributed by atoms with Crippen LogP contribution in [0, 0.1) is 13.8 Å². The van der Waals surface area contributed by atoms with Gasteiger partial charge in [-0.3, -0.25) is 9.69 Å². The Morgan fingerprint density at radius 2 is 1.94 bits per heavy atom. The van der Waals surface area contributed by atoms with Crippen LogP contribution in [-0.2, 0) is 17.8 Å². The Labute approximate surface area is 201 Å². The summed E-state index contributed by atoms with van der Waals surface area (Å²) in [6, 6.07) is 6.78. The molecule has 8 heteroatoms. The molecule has 34 heavy (non-hydrogen) atoms. The minimum Gasteiger partial charge on any atom is -0.383 e. The van der Waals surface area contributed by atoms with Gasteiger partial charge in [0.1, 0.15) is 0 Å². The molecule has 0 amide bonds. The summed E-state index contributed by atoms with van der Waals surface area (Å²) in [5.74, 6) is 0.869. The molecule has 8 nitrogen and oxygen atoms in total. The smallest absolute Gasteiger partial charge is 0.252 e. The molecular weight excluding hydrogens is 428 g/mol. The molecule has 2 aromatic heterocycles. The van der Waals surface area contributed by atoms with E-state index in [0.717, 1.165) is 48.0 Å². The Bertz CT molecular complexity index is 1150. The number of methoxy groups -OCH3 is 1. The molecule has 1 atom stereocenters. The minimum atomic E-state index is -0.00853. The lowest BCUT2D eigenvalue weighted by atomic mass is 9.91. The number of hydrogen-bond acceptors (Lipinski definition) is 6. The van der Waals surface area contributed by atoms with Gasteiger partial charge in [0.25, 0.3) is 5.56 Å². The van der Waals surface area contributed by atoms with Crippen LogP contribution in [0.25, 0.3) is 10.9 Å². The van der Waals surface area contributed by atoms with Crippen molar-refractivity contribution in [2.24, 2.45) is 0 Å². The first-order chi connectivity index (χ1) is 16.5. The highest BCUT2D eigenvalue weighted by molar-refractivity contribution is 5.80. The van der Waals surface area contributed by atoms with Crippen molar-refractivity contribution in [3.8, 4) is 0 Å². The number of aromatic nitrogens is 5. The Morgan fingerprint density at radius 1 is 1.18 bits per heavy atom. The molecule has 1 aliphatic rings. The lowest BCUT2D eigenvalue weighted by molar-refractivity contribution is 0.0795. The van der Waals surface area contributed by atoms with Crippen molar-refractivity contribution in [2.45, 2.75) is 90.9 Å². The number of pyridine rings is 1. The van der Waals surface area contributed by atoms with Crippen LogP contribution >= 0.6 is 0 Å². The van der Waals surface area contributed by atoms with E-state index in [1.165, 1.54) is 30.4 Å². The van der Waals surface area contributed by atoms with Crippen LogP contribution in [0.2, 0.25) is 0 Å². The molecular formula is C26H38N6O2. The van der Waals surface area contributed by atoms with E-state index < -0.39 is 0 Å². The zero-order valence-corrected chi connectivity index (χ0v) is 21.0. The fourth-order valence-corrected chi connectivity index (χ4v) is 5.25. The van der Waals surface area contributed by atoms with Gasteiger partial charge in [-0.1, -0.05) is 32.6 Å². The number of tetrazole rings is 1. The van der Waals surface area contributed by atoms with Gasteiger partial charge in [-0.05, 0) is 78.2 Å². The van der Waals surface area contributed by atoms with Crippen LogP contribution in [0.4, 0.5) is 0 Å². The lowest BCUT2D eigenvalue weighted by Crippen LogP contribution is -2.41. The van der Waals surface area contributed by atoms with Crippen molar-refractivity contribution >= 4 is 10.9 Å². The second-order valence-corrected chi connectivity index (χ2v) is 9.67. The Balaban J connectivity index is 1.73. The average molecular weight is 467 g/mol. The van der Waals surface area contributed by atoms with Crippen molar-refractivity contribution in [1.29, 1.82) is 0 Å². The average Bonchev–Trinajstić information content (AvgIpc) is 3.30. The third kappa shape index (κ3) is 5.39. The van der Waals surface area contributed by atoms with Gasteiger partial charge in [0.05, 0.1) is 19.2 Å². The summed E-state index contributed by atoms with van der Waals surface area (Å²) in [6.07, 6.45) is 7.96. The number of benzene rings is 1. The summed E-state index contributed by atoms with van der Waals surface area (Å²) >= 11 is 0. The molecule has 0 radical (unpaired) electrons. The van der Waals surface area contributed by atoms with Gasteiger partial charge in [-0.25, -0.2) is 4.68 Å². The zero-order valence-electron chi connectivity index (χ0n) is 21.0. The maximum absolute atomic E-state index is 13.2. The highest BCUT2D eigenvalue weighted by Crippen LogP contribution is 2.33. The van der Waals surface area contributed by atoms with E-state index in [1.807, 2.05) is 4.68 Å². The number of ether oxygens (including phenoxy) is 1. The monoisotopic (exact) mass is 466 g/mol. The van der Waals surface area contributed by atoms with E-state index in [-0.39, 0.29) is 11.6 Å². The van der Waals surface area contributed by atoms with Gasteiger partial charge >= 0.3 is 0 Å². The molecule has 1 saturated carbocycles. The lowest BCUT2D eigenvalue weighted by Gasteiger charge is -2.39. The molecule has 0 saturated heterocycles. The summed E-state index contributed by atoms with van der Waals surface area (Å²) < 4.78 is 7.15. The van der Waals surface area contributed by atoms with Crippen molar-refractivity contribution < 1.29 is 4.74 Å². The topological polar surface area (TPSA) is 88.9 Å². The summed E-state index contributed by atoms with van der Waals surface area (Å²) in [5.41, 5.74) is 4.11. The van der Waals surface area contributed by atoms with Gasteiger partial charge < -0.3 is 9.72 Å². The second kappa shape index (κ2) is 11.2.